The van der Waals surface area contributed by atoms with Crippen molar-refractivity contribution in [3.8, 4) is 0 Å². The van der Waals surface area contributed by atoms with Gasteiger partial charge in [-0.05, 0) is 76.0 Å². The molecule has 4 heterocycles. The van der Waals surface area contributed by atoms with Gasteiger partial charge in [-0.1, -0.05) is 6.08 Å². The number of fused-ring (bicyclic) bond motifs is 1. The fourth-order valence-corrected chi connectivity index (χ4v) is 11.1. The largest absolute Gasteiger partial charge is 0.478 e. The summed E-state index contributed by atoms with van der Waals surface area (Å²) in [5, 5.41) is 156. The number of aliphatic hydroxyl groups excluding tert-OH is 13. The minimum Gasteiger partial charge on any atom is -0.478 e. The van der Waals surface area contributed by atoms with E-state index in [0.29, 0.717) is 25.7 Å². The molecule has 4 saturated heterocycles. The lowest BCUT2D eigenvalue weighted by Crippen LogP contribution is -2.65. The van der Waals surface area contributed by atoms with Gasteiger partial charge in [-0.25, -0.2) is 14.4 Å². The maximum atomic E-state index is 13.0. The van der Waals surface area contributed by atoms with E-state index in [-0.39, 0.29) is 44.4 Å². The van der Waals surface area contributed by atoms with Crippen LogP contribution >= 0.6 is 0 Å². The van der Waals surface area contributed by atoms with Crippen molar-refractivity contribution >= 4 is 29.8 Å². The van der Waals surface area contributed by atoms with Crippen molar-refractivity contribution in [1.82, 2.24) is 0 Å². The molecule has 7 fully saturated rings. The van der Waals surface area contributed by atoms with Gasteiger partial charge in [-0.3, -0.25) is 9.59 Å². The lowest BCUT2D eigenvalue weighted by molar-refractivity contribution is -0.371. The third-order valence-electron chi connectivity index (χ3n) is 15.5. The summed E-state index contributed by atoms with van der Waals surface area (Å²) < 4.78 is 56.0. The molecule has 25 unspecified atom stereocenters. The van der Waals surface area contributed by atoms with Crippen LogP contribution in [0.15, 0.2) is 12.2 Å². The van der Waals surface area contributed by atoms with Crippen LogP contribution in [0.4, 0.5) is 0 Å². The molecule has 0 aromatic heterocycles. The summed E-state index contributed by atoms with van der Waals surface area (Å²) >= 11 is 0. The molecule has 7 aliphatic rings. The summed E-state index contributed by atoms with van der Waals surface area (Å²) in [6, 6.07) is 0. The summed E-state index contributed by atoms with van der Waals surface area (Å²) in [6.07, 6.45) is -33.5. The molecule has 30 nitrogen and oxygen atoms in total. The molecule has 3 aliphatic carbocycles. The van der Waals surface area contributed by atoms with Gasteiger partial charge in [0.1, 0.15) is 80.2 Å². The lowest BCUT2D eigenvalue weighted by atomic mass is 9.73. The molecular formula is C48H72O30. The van der Waals surface area contributed by atoms with Crippen LogP contribution in [0.3, 0.4) is 0 Å². The average molecular weight is 1130 g/mol. The van der Waals surface area contributed by atoms with Gasteiger partial charge in [0.2, 0.25) is 12.2 Å². The van der Waals surface area contributed by atoms with E-state index in [1.54, 1.807) is 0 Å². The van der Waals surface area contributed by atoms with Gasteiger partial charge in [-0.2, -0.15) is 0 Å². The molecular weight excluding hydrogens is 1060 g/mol. The number of carboxylic acids is 2. The Bertz CT molecular complexity index is 2040. The molecule has 3 saturated carbocycles. The van der Waals surface area contributed by atoms with Crippen LogP contribution in [0.25, 0.3) is 0 Å². The Morgan fingerprint density at radius 3 is 1.86 bits per heavy atom. The number of aliphatic carboxylic acids is 2. The number of carbonyl (C=O) groups is 5. The highest BCUT2D eigenvalue weighted by Gasteiger charge is 2.54. The summed E-state index contributed by atoms with van der Waals surface area (Å²) in [4.78, 5) is 63.2. The van der Waals surface area contributed by atoms with Crippen LogP contribution in [0.2, 0.25) is 0 Å². The summed E-state index contributed by atoms with van der Waals surface area (Å²) in [5.74, 6) is -10.1. The second-order valence-electron chi connectivity index (χ2n) is 21.0. The highest BCUT2D eigenvalue weighted by atomic mass is 16.8. The van der Waals surface area contributed by atoms with Gasteiger partial charge in [0.15, 0.2) is 18.9 Å². The Morgan fingerprint density at radius 1 is 0.551 bits per heavy atom. The molecule has 30 heteroatoms. The Labute approximate surface area is 444 Å². The Kier molecular flexibility index (Phi) is 21.7. The predicted octanol–water partition coefficient (Wildman–Crippen LogP) is -6.69. The predicted molar refractivity (Wildman–Crippen MR) is 246 cm³/mol. The molecule has 0 spiro atoms. The quantitative estimate of drug-likeness (QED) is 0.0247. The fraction of sp³-hybridized carbons (Fsp3) is 0.854. The Balaban J connectivity index is 0.956. The maximum Gasteiger partial charge on any atom is 0.349 e. The number of rotatable bonds is 19. The molecule has 7 rings (SSSR count). The van der Waals surface area contributed by atoms with E-state index in [1.165, 1.54) is 6.08 Å². The fourth-order valence-electron chi connectivity index (χ4n) is 11.1. The van der Waals surface area contributed by atoms with Crippen molar-refractivity contribution in [2.75, 3.05) is 19.8 Å². The normalized spacial score (nSPS) is 44.1. The van der Waals surface area contributed by atoms with E-state index in [1.807, 2.05) is 0 Å². The number of carbonyl (C=O) groups excluding carboxylic acids is 3. The SMILES string of the molecule is O=C(C=CC1CCC(OC2OC(CO)C(O)C(O)C2O)C(O)C1)OC(C(=O)O)C(OC(=O)CC(=O)OCC1OC(OC2CC3C(O)CC(O)CC3OC2C2CCC(O)CC2)C(OC2OCC(O)C(O)C2O)C(O)C1O)C(=O)O. The van der Waals surface area contributed by atoms with Crippen LogP contribution in [-0.4, -0.2) is 273 Å². The molecule has 0 bridgehead atoms. The van der Waals surface area contributed by atoms with Gasteiger partial charge in [0.25, 0.3) is 0 Å². The zero-order valence-corrected chi connectivity index (χ0v) is 42.0. The molecule has 0 aromatic rings. The molecule has 0 radical (unpaired) electrons. The standard InChI is InChI=1S/C48H72O30/c49-14-28-34(59)36(61)39(64)47(74-28)72-25-7-1-17(9-23(25)53)2-8-30(55)76-42(44(65)66)43(45(67)68)77-32(57)13-31(56)69-16-29-35(60)37(62)41(78-46-38(63)33(58)24(54)15-70-46)48(75-29)73-27-12-21-22(52)10-20(51)11-26(21)71-40(27)18-3-5-19(50)6-4-18/h2,8,17-29,33-43,46-54,58-64H,1,3-7,9-16H2,(H,65,66)(H,67,68). The van der Waals surface area contributed by atoms with Gasteiger partial charge in [0.05, 0.1) is 62.0 Å². The van der Waals surface area contributed by atoms with E-state index in [4.69, 9.17) is 47.4 Å². The van der Waals surface area contributed by atoms with E-state index in [2.05, 4.69) is 0 Å². The highest BCUT2D eigenvalue weighted by Crippen LogP contribution is 2.44. The third-order valence-corrected chi connectivity index (χ3v) is 15.5. The van der Waals surface area contributed by atoms with E-state index < -0.39 is 215 Å². The van der Waals surface area contributed by atoms with Crippen molar-refractivity contribution in [1.29, 1.82) is 0 Å². The number of carboxylic acid groups (broad SMARTS) is 2. The minimum absolute atomic E-state index is 0.0413. The van der Waals surface area contributed by atoms with Crippen molar-refractivity contribution in [3.63, 3.8) is 0 Å². The van der Waals surface area contributed by atoms with Gasteiger partial charge < -0.3 is 124 Å². The molecule has 0 aromatic carbocycles. The average Bonchev–Trinajstić information content (AvgIpc) is 3.49. The van der Waals surface area contributed by atoms with Crippen LogP contribution in [0, 0.1) is 17.8 Å². The van der Waals surface area contributed by atoms with Crippen molar-refractivity contribution in [2.24, 2.45) is 17.8 Å². The third kappa shape index (κ3) is 15.0. The maximum absolute atomic E-state index is 13.0. The first kappa shape index (κ1) is 61.9. The van der Waals surface area contributed by atoms with E-state index in [9.17, 15) is 101 Å². The van der Waals surface area contributed by atoms with Gasteiger partial charge in [-0.15, -0.1) is 0 Å². The zero-order valence-electron chi connectivity index (χ0n) is 42.0. The Morgan fingerprint density at radius 2 is 1.19 bits per heavy atom. The molecule has 25 atom stereocenters. The second-order valence-corrected chi connectivity index (χ2v) is 21.0. The van der Waals surface area contributed by atoms with Crippen molar-refractivity contribution < 1.29 is 148 Å². The van der Waals surface area contributed by atoms with Crippen LogP contribution < -0.4 is 0 Å². The van der Waals surface area contributed by atoms with Crippen LogP contribution in [0.1, 0.15) is 70.6 Å². The first-order valence-corrected chi connectivity index (χ1v) is 26.0. The monoisotopic (exact) mass is 1130 g/mol. The first-order valence-electron chi connectivity index (χ1n) is 26.0. The highest BCUT2D eigenvalue weighted by molar-refractivity contribution is 5.94. The molecule has 4 aliphatic heterocycles. The number of ether oxygens (including phenoxy) is 10. The zero-order chi connectivity index (χ0) is 56.9. The molecule has 15 N–H and O–H groups in total. The Hall–Kier alpha value is -3.71. The molecule has 444 valence electrons. The van der Waals surface area contributed by atoms with Crippen molar-refractivity contribution in [3.05, 3.63) is 12.2 Å². The summed E-state index contributed by atoms with van der Waals surface area (Å²) in [7, 11) is 0. The van der Waals surface area contributed by atoms with Gasteiger partial charge in [0, 0.05) is 12.0 Å². The van der Waals surface area contributed by atoms with Gasteiger partial charge >= 0.3 is 29.8 Å². The minimum atomic E-state index is -2.73. The molecule has 0 amide bonds. The second kappa shape index (κ2) is 27.4. The van der Waals surface area contributed by atoms with Crippen molar-refractivity contribution in [2.45, 2.75) is 218 Å². The van der Waals surface area contributed by atoms with Crippen LogP contribution in [0.5, 0.6) is 0 Å². The lowest BCUT2D eigenvalue weighted by Gasteiger charge is -2.51. The van der Waals surface area contributed by atoms with Crippen LogP contribution in [-0.2, 0) is 71.3 Å². The smallest absolute Gasteiger partial charge is 0.349 e. The number of hydrogen-bond donors (Lipinski definition) is 15. The number of allylic oxidation sites excluding steroid dienone is 1. The summed E-state index contributed by atoms with van der Waals surface area (Å²) in [5.41, 5.74) is 0. The number of esters is 3. The topological polar surface area (TPSA) is 481 Å². The molecule has 78 heavy (non-hydrogen) atoms. The van der Waals surface area contributed by atoms with E-state index >= 15 is 0 Å². The first-order chi connectivity index (χ1) is 36.9. The number of hydrogen-bond acceptors (Lipinski definition) is 28. The number of aliphatic hydroxyl groups is 13. The summed E-state index contributed by atoms with van der Waals surface area (Å²) in [6.45, 7) is -2.19. The van der Waals surface area contributed by atoms with E-state index in [0.717, 1.165) is 6.08 Å².